The topological polar surface area (TPSA) is 121 Å². The molecule has 4 aromatic heterocycles. The maximum Gasteiger partial charge on any atom is 0.332 e. The fraction of sp³-hybridized carbons (Fsp3) is 0.429. The molecule has 180 valence electrons. The largest absolute Gasteiger partial charge is 0.332 e. The highest BCUT2D eigenvalue weighted by Crippen LogP contribution is 2.37. The summed E-state index contributed by atoms with van der Waals surface area (Å²) in [5.41, 5.74) is 0.0309. The normalized spacial score (nSPS) is 15.3. The Morgan fingerprint density at radius 2 is 1.88 bits per heavy atom. The minimum atomic E-state index is -3.83. The second-order valence-corrected chi connectivity index (χ2v) is 13.2. The molecule has 13 heteroatoms. The number of thiazole rings is 1. The zero-order chi connectivity index (χ0) is 24.4. The van der Waals surface area contributed by atoms with Gasteiger partial charge in [-0.1, -0.05) is 0 Å². The Hall–Kier alpha value is -2.61. The highest BCUT2D eigenvalue weighted by Gasteiger charge is 2.41. The van der Waals surface area contributed by atoms with Gasteiger partial charge in [0.15, 0.2) is 0 Å². The number of thiophene rings is 1. The minimum absolute atomic E-state index is 0.0252. The Balaban J connectivity index is 1.70. The van der Waals surface area contributed by atoms with Crippen LogP contribution in [0, 0.1) is 13.8 Å². The number of aryl methyl sites for hydroxylation is 3. The lowest BCUT2D eigenvalue weighted by Crippen LogP contribution is -2.40. The van der Waals surface area contributed by atoms with Gasteiger partial charge in [0.05, 0.1) is 35.4 Å². The molecule has 1 N–H and O–H groups in total. The van der Waals surface area contributed by atoms with Crippen molar-refractivity contribution in [1.82, 2.24) is 28.6 Å². The molecule has 10 nitrogen and oxygen atoms in total. The van der Waals surface area contributed by atoms with Gasteiger partial charge in [-0.3, -0.25) is 18.6 Å². The highest BCUT2D eigenvalue weighted by molar-refractivity contribution is 7.91. The molecule has 0 radical (unpaired) electrons. The Morgan fingerprint density at radius 1 is 1.15 bits per heavy atom. The lowest BCUT2D eigenvalue weighted by Gasteiger charge is -2.11. The van der Waals surface area contributed by atoms with Crippen molar-refractivity contribution >= 4 is 42.9 Å². The van der Waals surface area contributed by atoms with Crippen LogP contribution in [0.15, 0.2) is 32.3 Å². The van der Waals surface area contributed by atoms with Crippen LogP contribution >= 0.6 is 22.7 Å². The van der Waals surface area contributed by atoms with E-state index in [1.807, 2.05) is 20.8 Å². The molecule has 0 unspecified atom stereocenters. The molecule has 0 spiro atoms. The van der Waals surface area contributed by atoms with Crippen LogP contribution in [0.3, 0.4) is 0 Å². The number of nitrogens with zero attached hydrogens (tertiary/aromatic N) is 5. The Morgan fingerprint density at radius 3 is 2.47 bits per heavy atom. The van der Waals surface area contributed by atoms with Crippen LogP contribution in [0.25, 0.3) is 10.2 Å². The molecule has 5 rings (SSSR count). The van der Waals surface area contributed by atoms with Crippen LogP contribution < -0.4 is 16.0 Å². The van der Waals surface area contributed by atoms with Crippen molar-refractivity contribution in [3.63, 3.8) is 0 Å². The third-order valence-corrected chi connectivity index (χ3v) is 10.2. The summed E-state index contributed by atoms with van der Waals surface area (Å²) in [4.78, 5) is 32.6. The number of hydrogen-bond donors (Lipinski definition) is 1. The van der Waals surface area contributed by atoms with Crippen LogP contribution in [0.2, 0.25) is 0 Å². The van der Waals surface area contributed by atoms with Gasteiger partial charge in [-0.15, -0.1) is 22.7 Å². The van der Waals surface area contributed by atoms with Crippen molar-refractivity contribution in [1.29, 1.82) is 0 Å². The Kier molecular flexibility index (Phi) is 5.43. The number of rotatable bonds is 7. The number of sulfonamides is 1. The molecule has 0 aliphatic heterocycles. The fourth-order valence-corrected chi connectivity index (χ4v) is 7.68. The van der Waals surface area contributed by atoms with Crippen LogP contribution in [0.5, 0.6) is 0 Å². The van der Waals surface area contributed by atoms with Gasteiger partial charge in [0.1, 0.15) is 9.04 Å². The third kappa shape index (κ3) is 4.17. The van der Waals surface area contributed by atoms with Crippen molar-refractivity contribution in [2.24, 2.45) is 7.05 Å². The van der Waals surface area contributed by atoms with Gasteiger partial charge in [0, 0.05) is 29.2 Å². The van der Waals surface area contributed by atoms with Crippen molar-refractivity contribution in [3.05, 3.63) is 60.4 Å². The molecule has 0 amide bonds. The van der Waals surface area contributed by atoms with E-state index in [-0.39, 0.29) is 22.7 Å². The molecule has 0 atom stereocenters. The maximum absolute atomic E-state index is 13.6. The van der Waals surface area contributed by atoms with Gasteiger partial charge in [-0.2, -0.15) is 5.10 Å². The fourth-order valence-electron chi connectivity index (χ4n) is 3.85. The average molecular weight is 521 g/mol. The van der Waals surface area contributed by atoms with Gasteiger partial charge in [-0.25, -0.2) is 22.9 Å². The summed E-state index contributed by atoms with van der Waals surface area (Å²) in [7, 11) is -2.07. The van der Waals surface area contributed by atoms with Gasteiger partial charge in [-0.05, 0) is 39.7 Å². The summed E-state index contributed by atoms with van der Waals surface area (Å²) in [6.07, 6.45) is 4.87. The van der Waals surface area contributed by atoms with E-state index in [2.05, 4.69) is 14.8 Å². The molecule has 34 heavy (non-hydrogen) atoms. The predicted octanol–water partition coefficient (Wildman–Crippen LogP) is 1.96. The molecular formula is C21H24N6O4S3. The Labute approximate surface area is 203 Å². The molecule has 1 fully saturated rings. The van der Waals surface area contributed by atoms with Crippen molar-refractivity contribution < 1.29 is 8.42 Å². The second-order valence-electron chi connectivity index (χ2n) is 8.97. The average Bonchev–Trinajstić information content (AvgIpc) is 3.11. The van der Waals surface area contributed by atoms with E-state index >= 15 is 0 Å². The summed E-state index contributed by atoms with van der Waals surface area (Å²) in [6.45, 7) is 5.85. The number of aromatic nitrogens is 5. The number of nitrogens with one attached hydrogen (secondary N) is 1. The zero-order valence-electron chi connectivity index (χ0n) is 19.2. The maximum atomic E-state index is 13.6. The summed E-state index contributed by atoms with van der Waals surface area (Å²) in [5, 5.41) is 5.19. The van der Waals surface area contributed by atoms with E-state index in [0.29, 0.717) is 10.4 Å². The van der Waals surface area contributed by atoms with Gasteiger partial charge < -0.3 is 0 Å². The van der Waals surface area contributed by atoms with Crippen molar-refractivity contribution in [2.45, 2.75) is 56.5 Å². The smallest absolute Gasteiger partial charge is 0.279 e. The van der Waals surface area contributed by atoms with Crippen molar-refractivity contribution in [3.8, 4) is 0 Å². The summed E-state index contributed by atoms with van der Waals surface area (Å²) in [6, 6.07) is 1.39. The lowest BCUT2D eigenvalue weighted by atomic mass is 10.3. The monoisotopic (exact) mass is 520 g/mol. The summed E-state index contributed by atoms with van der Waals surface area (Å²) < 4.78 is 33.1. The molecular weight excluding hydrogens is 496 g/mol. The first kappa shape index (κ1) is 23.1. The van der Waals surface area contributed by atoms with E-state index < -0.39 is 26.8 Å². The standard InChI is InChI=1S/C21H24N6O4S3/c1-12-16(32-13(2)23-12)11-27-19-15(7-17(33-19)34(30,31)24-21(3)5-6-21)18(28)26(20(27)29)10-14-8-22-25(4)9-14/h7-9,24H,5-6,10-11H2,1-4H3. The van der Waals surface area contributed by atoms with E-state index in [1.165, 1.54) is 22.0 Å². The van der Waals surface area contributed by atoms with E-state index in [4.69, 9.17) is 0 Å². The molecule has 1 saturated carbocycles. The Bertz CT molecular complexity index is 1650. The predicted molar refractivity (Wildman–Crippen MR) is 131 cm³/mol. The van der Waals surface area contributed by atoms with Crippen LogP contribution in [-0.2, 0) is 30.2 Å². The first-order valence-electron chi connectivity index (χ1n) is 10.7. The number of hydrogen-bond acceptors (Lipinski definition) is 8. The van der Waals surface area contributed by atoms with Gasteiger partial charge >= 0.3 is 5.69 Å². The third-order valence-electron chi connectivity index (χ3n) is 5.92. The highest BCUT2D eigenvalue weighted by atomic mass is 32.2. The van der Waals surface area contributed by atoms with Crippen LogP contribution in [0.4, 0.5) is 0 Å². The first-order chi connectivity index (χ1) is 16.0. The lowest BCUT2D eigenvalue weighted by molar-refractivity contribution is 0.560. The van der Waals surface area contributed by atoms with Crippen LogP contribution in [0.1, 0.15) is 40.9 Å². The molecule has 4 heterocycles. The summed E-state index contributed by atoms with van der Waals surface area (Å²) in [5.74, 6) is 0. The van der Waals surface area contributed by atoms with Gasteiger partial charge in [0.2, 0.25) is 0 Å². The zero-order valence-corrected chi connectivity index (χ0v) is 21.6. The molecule has 4 aromatic rings. The van der Waals surface area contributed by atoms with E-state index in [9.17, 15) is 18.0 Å². The molecule has 1 aliphatic carbocycles. The quantitative estimate of drug-likeness (QED) is 0.398. The minimum Gasteiger partial charge on any atom is -0.279 e. The van der Waals surface area contributed by atoms with Crippen LogP contribution in [-0.4, -0.2) is 37.9 Å². The second kappa shape index (κ2) is 7.97. The first-order valence-corrected chi connectivity index (χ1v) is 13.8. The molecule has 0 saturated heterocycles. The molecule has 0 aromatic carbocycles. The van der Waals surface area contributed by atoms with Crippen molar-refractivity contribution in [2.75, 3.05) is 0 Å². The summed E-state index contributed by atoms with van der Waals surface area (Å²) >= 11 is 2.42. The molecule has 0 bridgehead atoms. The SMILES string of the molecule is Cc1nc(C)c(Cn2c(=O)n(Cc3cnn(C)c3)c(=O)c3cc(S(=O)(=O)NC4(C)CC4)sc32)s1. The number of fused-ring (bicyclic) bond motifs is 1. The van der Waals surface area contributed by atoms with E-state index in [1.54, 1.807) is 24.1 Å². The van der Waals surface area contributed by atoms with Gasteiger partial charge in [0.25, 0.3) is 15.6 Å². The molecule has 1 aliphatic rings. The van der Waals surface area contributed by atoms with E-state index in [0.717, 1.165) is 44.3 Å².